The fourth-order valence-corrected chi connectivity index (χ4v) is 4.35. The molecule has 0 aromatic heterocycles. The number of hydrogen-bond donors (Lipinski definition) is 0. The highest BCUT2D eigenvalue weighted by Crippen LogP contribution is 2.38. The smallest absolute Gasteiger partial charge is 0.429 e. The van der Waals surface area contributed by atoms with Crippen LogP contribution in [0, 0.1) is 29.2 Å². The van der Waals surface area contributed by atoms with E-state index in [1.165, 1.54) is 6.07 Å². The molecule has 0 spiro atoms. The summed E-state index contributed by atoms with van der Waals surface area (Å²) in [6, 6.07) is 6.71. The number of hydrogen-bond acceptors (Lipinski definition) is 3. The van der Waals surface area contributed by atoms with Gasteiger partial charge in [-0.05, 0) is 67.3 Å². The quantitative estimate of drug-likeness (QED) is 0.154. The Labute approximate surface area is 224 Å². The van der Waals surface area contributed by atoms with Gasteiger partial charge >= 0.3 is 12.2 Å². The van der Waals surface area contributed by atoms with Crippen molar-refractivity contribution in [2.24, 2.45) is 5.92 Å². The van der Waals surface area contributed by atoms with E-state index in [0.717, 1.165) is 30.7 Å². The van der Waals surface area contributed by atoms with Gasteiger partial charge in [0.15, 0.2) is 23.6 Å². The summed E-state index contributed by atoms with van der Waals surface area (Å²) in [6.07, 6.45) is -1.85. The minimum absolute atomic E-state index is 0.172. The van der Waals surface area contributed by atoms with Gasteiger partial charge < -0.3 is 14.2 Å². The molecule has 1 saturated heterocycles. The van der Waals surface area contributed by atoms with Crippen LogP contribution in [0.1, 0.15) is 37.0 Å². The van der Waals surface area contributed by atoms with Crippen molar-refractivity contribution in [3.63, 3.8) is 0 Å². The van der Waals surface area contributed by atoms with Crippen LogP contribution in [0.3, 0.4) is 0 Å². The molecule has 3 aromatic carbocycles. The van der Waals surface area contributed by atoms with Crippen molar-refractivity contribution in [3.05, 3.63) is 107 Å². The Morgan fingerprint density at radius 2 is 1.62 bits per heavy atom. The van der Waals surface area contributed by atoms with Gasteiger partial charge in [-0.2, -0.15) is 17.6 Å². The molecular weight excluding hydrogens is 548 g/mol. The first-order valence-corrected chi connectivity index (χ1v) is 12.1. The Kier molecular flexibility index (Phi) is 8.82. The predicted molar refractivity (Wildman–Crippen MR) is 130 cm³/mol. The Morgan fingerprint density at radius 3 is 2.20 bits per heavy atom. The molecular formula is C29H22F8O3. The van der Waals surface area contributed by atoms with E-state index in [2.05, 4.69) is 9.47 Å². The molecule has 0 N–H and O–H groups in total. The van der Waals surface area contributed by atoms with Gasteiger partial charge in [0, 0.05) is 17.5 Å². The van der Waals surface area contributed by atoms with Gasteiger partial charge in [-0.15, -0.1) is 0 Å². The third-order valence-electron chi connectivity index (χ3n) is 6.22. The highest BCUT2D eigenvalue weighted by atomic mass is 19.3. The molecule has 2 atom stereocenters. The summed E-state index contributed by atoms with van der Waals surface area (Å²) in [5.41, 5.74) is -1.46. The molecule has 0 amide bonds. The fraction of sp³-hybridized carbons (Fsp3) is 0.241. The fourth-order valence-electron chi connectivity index (χ4n) is 4.35. The first-order chi connectivity index (χ1) is 19.0. The zero-order valence-electron chi connectivity index (χ0n) is 20.9. The predicted octanol–water partition coefficient (Wildman–Crippen LogP) is 9.20. The van der Waals surface area contributed by atoms with E-state index in [0.29, 0.717) is 36.8 Å². The summed E-state index contributed by atoms with van der Waals surface area (Å²) in [7, 11) is 0. The summed E-state index contributed by atoms with van der Waals surface area (Å²) < 4.78 is 126. The number of alkyl halides is 2. The van der Waals surface area contributed by atoms with Crippen molar-refractivity contribution in [2.75, 3.05) is 6.61 Å². The molecule has 0 bridgehead atoms. The zero-order chi connectivity index (χ0) is 29.0. The lowest BCUT2D eigenvalue weighted by atomic mass is 9.94. The second-order valence-electron chi connectivity index (χ2n) is 8.98. The topological polar surface area (TPSA) is 27.7 Å². The molecule has 0 radical (unpaired) electrons. The normalized spacial score (nSPS) is 17.6. The van der Waals surface area contributed by atoms with E-state index in [1.807, 2.05) is 19.1 Å². The maximum absolute atomic E-state index is 14.9. The molecule has 3 aromatic rings. The lowest BCUT2D eigenvalue weighted by Crippen LogP contribution is -2.24. The van der Waals surface area contributed by atoms with Gasteiger partial charge in [-0.1, -0.05) is 18.2 Å². The van der Waals surface area contributed by atoms with E-state index in [-0.39, 0.29) is 17.7 Å². The minimum Gasteiger partial charge on any atom is -0.453 e. The lowest BCUT2D eigenvalue weighted by molar-refractivity contribution is -0.187. The maximum atomic E-state index is 14.9. The van der Waals surface area contributed by atoms with Crippen LogP contribution in [0.4, 0.5) is 35.1 Å². The van der Waals surface area contributed by atoms with Crippen molar-refractivity contribution in [2.45, 2.75) is 32.0 Å². The average molecular weight is 570 g/mol. The first-order valence-electron chi connectivity index (χ1n) is 12.1. The molecule has 0 saturated carbocycles. The van der Waals surface area contributed by atoms with E-state index < -0.39 is 64.2 Å². The van der Waals surface area contributed by atoms with Crippen LogP contribution in [0.25, 0.3) is 11.1 Å². The van der Waals surface area contributed by atoms with Crippen molar-refractivity contribution >= 4 is 0 Å². The standard InChI is InChI=1S/C29H22F8O3/c1-2-3-16-4-9-26(38-14-16)17-5-8-21(23(31)10-17)29(36,37)40-19-6-7-20(22(30)13-19)18-11-24(32)28(25(33)12-18)39-15-27(34)35/h2-3,5-8,10-13,15-16,26H,4,9,14H2,1H3. The highest BCUT2D eigenvalue weighted by molar-refractivity contribution is 5.66. The van der Waals surface area contributed by atoms with Gasteiger partial charge in [0.2, 0.25) is 0 Å². The number of ether oxygens (including phenoxy) is 3. The van der Waals surface area contributed by atoms with Crippen molar-refractivity contribution in [1.82, 2.24) is 0 Å². The second-order valence-corrected chi connectivity index (χ2v) is 8.98. The highest BCUT2D eigenvalue weighted by Gasteiger charge is 2.38. The summed E-state index contributed by atoms with van der Waals surface area (Å²) in [6.45, 7) is 2.32. The molecule has 212 valence electrons. The molecule has 1 heterocycles. The summed E-state index contributed by atoms with van der Waals surface area (Å²) >= 11 is 0. The van der Waals surface area contributed by atoms with Gasteiger partial charge in [-0.3, -0.25) is 0 Å². The van der Waals surface area contributed by atoms with E-state index in [4.69, 9.17) is 4.74 Å². The van der Waals surface area contributed by atoms with Crippen LogP contribution in [-0.4, -0.2) is 6.61 Å². The molecule has 4 rings (SSSR count). The Morgan fingerprint density at radius 1 is 0.900 bits per heavy atom. The first kappa shape index (κ1) is 29.1. The van der Waals surface area contributed by atoms with Gasteiger partial charge in [0.1, 0.15) is 17.4 Å². The molecule has 40 heavy (non-hydrogen) atoms. The minimum atomic E-state index is -4.20. The van der Waals surface area contributed by atoms with Crippen LogP contribution in [0.2, 0.25) is 0 Å². The Bertz CT molecular complexity index is 1400. The number of benzene rings is 3. The van der Waals surface area contributed by atoms with Crippen LogP contribution in [-0.2, 0) is 10.8 Å². The van der Waals surface area contributed by atoms with Crippen LogP contribution in [0.5, 0.6) is 11.5 Å². The SMILES string of the molecule is CC=CC1CCC(c2ccc(C(F)(F)Oc3ccc(-c4cc(F)c(OC=C(F)F)c(F)c4)c(F)c3)c(F)c2)OC1. The third kappa shape index (κ3) is 6.64. The molecule has 2 unspecified atom stereocenters. The largest absolute Gasteiger partial charge is 0.453 e. The molecule has 1 aliphatic heterocycles. The van der Waals surface area contributed by atoms with Crippen molar-refractivity contribution in [1.29, 1.82) is 0 Å². The number of allylic oxidation sites excluding steroid dienone is 1. The molecule has 3 nitrogen and oxygen atoms in total. The van der Waals surface area contributed by atoms with Gasteiger partial charge in [0.25, 0.3) is 0 Å². The molecule has 11 heteroatoms. The second kappa shape index (κ2) is 12.1. The van der Waals surface area contributed by atoms with Crippen LogP contribution in [0.15, 0.2) is 73.0 Å². The van der Waals surface area contributed by atoms with E-state index in [9.17, 15) is 35.1 Å². The monoisotopic (exact) mass is 570 g/mol. The van der Waals surface area contributed by atoms with Gasteiger partial charge in [0.05, 0.1) is 18.3 Å². The Balaban J connectivity index is 1.50. The van der Waals surface area contributed by atoms with Crippen molar-refractivity contribution < 1.29 is 49.3 Å². The summed E-state index contributed by atoms with van der Waals surface area (Å²) in [5, 5.41) is 0. The average Bonchev–Trinajstić information content (AvgIpc) is 2.88. The number of rotatable bonds is 8. The van der Waals surface area contributed by atoms with E-state index >= 15 is 0 Å². The summed E-state index contributed by atoms with van der Waals surface area (Å²) in [4.78, 5) is 0. The van der Waals surface area contributed by atoms with Gasteiger partial charge in [-0.25, -0.2) is 17.6 Å². The molecule has 1 fully saturated rings. The zero-order valence-corrected chi connectivity index (χ0v) is 20.9. The molecule has 1 aliphatic rings. The van der Waals surface area contributed by atoms with Crippen LogP contribution < -0.4 is 9.47 Å². The maximum Gasteiger partial charge on any atom is 0.429 e. The summed E-state index contributed by atoms with van der Waals surface area (Å²) in [5.74, 6) is -6.85. The third-order valence-corrected chi connectivity index (χ3v) is 6.22. The van der Waals surface area contributed by atoms with Crippen molar-refractivity contribution in [3.8, 4) is 22.6 Å². The van der Waals surface area contributed by atoms with E-state index in [1.54, 1.807) is 0 Å². The molecule has 0 aliphatic carbocycles. The number of halogens is 8. The van der Waals surface area contributed by atoms with Crippen LogP contribution >= 0.6 is 0 Å². The lowest BCUT2D eigenvalue weighted by Gasteiger charge is -2.28. The Hall–Kier alpha value is -3.86.